The normalized spacial score (nSPS) is 13.8. The minimum atomic E-state index is -0.723. The lowest BCUT2D eigenvalue weighted by Gasteiger charge is -2.15. The van der Waals surface area contributed by atoms with Crippen molar-refractivity contribution in [3.63, 3.8) is 0 Å². The molecule has 106 valence electrons. The molecule has 5 nitrogen and oxygen atoms in total. The number of Topliss-reactive ketones (excluding diaryl/α,β-unsaturated/α-hetero) is 1. The van der Waals surface area contributed by atoms with Crippen molar-refractivity contribution in [2.24, 2.45) is 0 Å². The molecule has 1 aliphatic heterocycles. The van der Waals surface area contributed by atoms with Crippen LogP contribution in [0.15, 0.2) is 29.0 Å². The largest absolute Gasteiger partial charge is 0.299 e. The molecule has 0 unspecified atom stereocenters. The number of amides is 1. The topological polar surface area (TPSA) is 63.2 Å². The second-order valence-corrected chi connectivity index (χ2v) is 5.58. The molecule has 0 atom stereocenters. The van der Waals surface area contributed by atoms with Crippen LogP contribution >= 0.6 is 27.5 Å². The van der Waals surface area contributed by atoms with Gasteiger partial charge in [0.1, 0.15) is 11.0 Å². The zero-order chi connectivity index (χ0) is 15.1. The number of nitrogens with zero attached hydrogens (tertiary/aromatic N) is 3. The number of fused-ring (bicyclic) bond motifs is 1. The number of aromatic nitrogens is 2. The number of hydrogen-bond donors (Lipinski definition) is 0. The van der Waals surface area contributed by atoms with E-state index in [1.807, 2.05) is 0 Å². The number of carbonyl (C=O) groups excluding carboxylic acids is 2. The molecule has 0 saturated carbocycles. The van der Waals surface area contributed by atoms with Crippen molar-refractivity contribution in [3.8, 4) is 0 Å². The molecular formula is C13H6BrClFN3O2. The van der Waals surface area contributed by atoms with E-state index in [2.05, 4.69) is 25.9 Å². The molecule has 0 spiro atoms. The zero-order valence-corrected chi connectivity index (χ0v) is 12.7. The van der Waals surface area contributed by atoms with E-state index < -0.39 is 17.5 Å². The predicted octanol–water partition coefficient (Wildman–Crippen LogP) is 2.76. The Morgan fingerprint density at radius 3 is 2.67 bits per heavy atom. The van der Waals surface area contributed by atoms with Crippen molar-refractivity contribution in [2.45, 2.75) is 6.54 Å². The second kappa shape index (κ2) is 5.16. The molecule has 1 amide bonds. The average molecular weight is 371 g/mol. The molecule has 1 aromatic carbocycles. The maximum absolute atomic E-state index is 13.7. The van der Waals surface area contributed by atoms with Crippen LogP contribution in [0.2, 0.25) is 5.15 Å². The van der Waals surface area contributed by atoms with E-state index in [1.165, 1.54) is 23.4 Å². The quantitative estimate of drug-likeness (QED) is 0.763. The summed E-state index contributed by atoms with van der Waals surface area (Å²) in [6.45, 7) is 0.0167. The standard InChI is InChI=1S/C13H6BrClFN3O2/c14-8-1-7-10(2-9(8)16)19(13(21)12(7)20)5-6-3-18-11(15)4-17-6/h1-4H,5H2. The van der Waals surface area contributed by atoms with Crippen molar-refractivity contribution in [2.75, 3.05) is 4.90 Å². The maximum atomic E-state index is 13.7. The molecular weight excluding hydrogens is 365 g/mol. The van der Waals surface area contributed by atoms with Crippen LogP contribution in [-0.2, 0) is 11.3 Å². The molecule has 0 saturated heterocycles. The van der Waals surface area contributed by atoms with Crippen molar-refractivity contribution in [1.29, 1.82) is 0 Å². The van der Waals surface area contributed by atoms with Gasteiger partial charge in [0.15, 0.2) is 0 Å². The maximum Gasteiger partial charge on any atom is 0.299 e. The van der Waals surface area contributed by atoms with E-state index in [1.54, 1.807) is 0 Å². The van der Waals surface area contributed by atoms with Crippen LogP contribution < -0.4 is 4.90 Å². The van der Waals surface area contributed by atoms with Gasteiger partial charge in [0.2, 0.25) is 0 Å². The van der Waals surface area contributed by atoms with E-state index >= 15 is 0 Å². The van der Waals surface area contributed by atoms with Gasteiger partial charge in [-0.15, -0.1) is 0 Å². The molecule has 8 heteroatoms. The Morgan fingerprint density at radius 1 is 1.24 bits per heavy atom. The van der Waals surface area contributed by atoms with Gasteiger partial charge in [-0.05, 0) is 28.1 Å². The van der Waals surface area contributed by atoms with Crippen LogP contribution in [0.3, 0.4) is 0 Å². The zero-order valence-electron chi connectivity index (χ0n) is 10.3. The first-order valence-corrected chi connectivity index (χ1v) is 6.96. The number of ketones is 1. The fraction of sp³-hybridized carbons (Fsp3) is 0.0769. The van der Waals surface area contributed by atoms with Crippen LogP contribution in [-0.4, -0.2) is 21.7 Å². The van der Waals surface area contributed by atoms with Crippen molar-refractivity contribution < 1.29 is 14.0 Å². The van der Waals surface area contributed by atoms with Gasteiger partial charge >= 0.3 is 0 Å². The highest BCUT2D eigenvalue weighted by atomic mass is 79.9. The third-order valence-corrected chi connectivity index (χ3v) is 3.81. The van der Waals surface area contributed by atoms with E-state index in [4.69, 9.17) is 11.6 Å². The van der Waals surface area contributed by atoms with E-state index in [-0.39, 0.29) is 27.4 Å². The smallest absolute Gasteiger partial charge is 0.299 e. The van der Waals surface area contributed by atoms with E-state index in [0.29, 0.717) is 5.69 Å². The van der Waals surface area contributed by atoms with E-state index in [0.717, 1.165) is 6.07 Å². The second-order valence-electron chi connectivity index (χ2n) is 4.33. The Bertz CT molecular complexity index is 767. The van der Waals surface area contributed by atoms with Crippen LogP contribution in [0, 0.1) is 5.82 Å². The Morgan fingerprint density at radius 2 is 2.00 bits per heavy atom. The molecule has 21 heavy (non-hydrogen) atoms. The Hall–Kier alpha value is -1.86. The van der Waals surface area contributed by atoms with Gasteiger partial charge in [0, 0.05) is 0 Å². The van der Waals surface area contributed by atoms with Crippen LogP contribution in [0.4, 0.5) is 10.1 Å². The summed E-state index contributed by atoms with van der Waals surface area (Å²) in [5.74, 6) is -1.95. The SMILES string of the molecule is O=C1C(=O)N(Cc2cnc(Cl)cn2)c2cc(F)c(Br)cc21. The number of rotatable bonds is 2. The average Bonchev–Trinajstić information content (AvgIpc) is 2.67. The number of benzene rings is 1. The van der Waals surface area contributed by atoms with Crippen LogP contribution in [0.25, 0.3) is 0 Å². The summed E-state index contributed by atoms with van der Waals surface area (Å²) in [7, 11) is 0. The number of halogens is 3. The fourth-order valence-electron chi connectivity index (χ4n) is 2.03. The monoisotopic (exact) mass is 369 g/mol. The number of carbonyl (C=O) groups is 2. The molecule has 0 fully saturated rings. The lowest BCUT2D eigenvalue weighted by atomic mass is 10.1. The molecule has 1 aromatic heterocycles. The third-order valence-electron chi connectivity index (χ3n) is 3.01. The summed E-state index contributed by atoms with van der Waals surface area (Å²) in [5.41, 5.74) is 0.828. The highest BCUT2D eigenvalue weighted by molar-refractivity contribution is 9.10. The van der Waals surface area contributed by atoms with Crippen molar-refractivity contribution in [1.82, 2.24) is 9.97 Å². The third kappa shape index (κ3) is 2.43. The Labute approximate surface area is 131 Å². The highest BCUT2D eigenvalue weighted by Gasteiger charge is 2.37. The summed E-state index contributed by atoms with van der Waals surface area (Å²) in [6.07, 6.45) is 2.73. The first-order valence-electron chi connectivity index (χ1n) is 5.79. The molecule has 2 aromatic rings. The molecule has 0 N–H and O–H groups in total. The lowest BCUT2D eigenvalue weighted by molar-refractivity contribution is -0.114. The summed E-state index contributed by atoms with van der Waals surface area (Å²) in [5, 5.41) is 0.220. The molecule has 0 bridgehead atoms. The van der Waals surface area contributed by atoms with Gasteiger partial charge in [-0.2, -0.15) is 0 Å². The van der Waals surface area contributed by atoms with Crippen LogP contribution in [0.1, 0.15) is 16.1 Å². The van der Waals surface area contributed by atoms with Gasteiger partial charge in [-0.1, -0.05) is 11.6 Å². The van der Waals surface area contributed by atoms with E-state index in [9.17, 15) is 14.0 Å². The van der Waals surface area contributed by atoms with Crippen molar-refractivity contribution in [3.05, 3.63) is 51.2 Å². The predicted molar refractivity (Wildman–Crippen MR) is 76.7 cm³/mol. The number of anilines is 1. The van der Waals surface area contributed by atoms with Crippen LogP contribution in [0.5, 0.6) is 0 Å². The molecule has 0 aliphatic carbocycles. The molecule has 0 radical (unpaired) electrons. The minimum absolute atomic E-state index is 0.0167. The fourth-order valence-corrected chi connectivity index (χ4v) is 2.47. The van der Waals surface area contributed by atoms with Gasteiger partial charge in [0.25, 0.3) is 11.7 Å². The summed E-state index contributed by atoms with van der Waals surface area (Å²) in [6, 6.07) is 2.45. The van der Waals surface area contributed by atoms with Gasteiger partial charge in [0.05, 0.1) is 40.4 Å². The summed E-state index contributed by atoms with van der Waals surface area (Å²) in [4.78, 5) is 33.0. The Balaban J connectivity index is 2.01. The first-order chi connectivity index (χ1) is 9.97. The summed E-state index contributed by atoms with van der Waals surface area (Å²) < 4.78 is 13.8. The number of hydrogen-bond acceptors (Lipinski definition) is 4. The molecule has 2 heterocycles. The van der Waals surface area contributed by atoms with Crippen molar-refractivity contribution >= 4 is 44.9 Å². The Kier molecular flexibility index (Phi) is 3.46. The van der Waals surface area contributed by atoms with Gasteiger partial charge < -0.3 is 0 Å². The highest BCUT2D eigenvalue weighted by Crippen LogP contribution is 2.34. The lowest BCUT2D eigenvalue weighted by Crippen LogP contribution is -2.29. The minimum Gasteiger partial charge on any atom is -0.299 e. The summed E-state index contributed by atoms with van der Waals surface area (Å²) >= 11 is 8.63. The van der Waals surface area contributed by atoms with Gasteiger partial charge in [-0.3, -0.25) is 19.5 Å². The van der Waals surface area contributed by atoms with Gasteiger partial charge in [-0.25, -0.2) is 9.37 Å². The first kappa shape index (κ1) is 14.1. The molecule has 3 rings (SSSR count). The molecule has 1 aliphatic rings.